The van der Waals surface area contributed by atoms with Crippen LogP contribution in [0.1, 0.15) is 35.3 Å². The molecule has 2 aromatic rings. The molecule has 4 nitrogen and oxygen atoms in total. The van der Waals surface area contributed by atoms with Gasteiger partial charge in [-0.3, -0.25) is 9.78 Å². The molecule has 1 unspecified atom stereocenters. The van der Waals surface area contributed by atoms with Crippen molar-refractivity contribution in [2.24, 2.45) is 0 Å². The summed E-state index contributed by atoms with van der Waals surface area (Å²) in [7, 11) is 2.12. The molecule has 0 bridgehead atoms. The standard InChI is InChI=1S/C15H18N2O2S/c1-9(13-14(18)16-15(19)20-13)10-5-6-12-11(8-10)4-3-7-17(12)2/h5-6,8-9,18H,3-4,7H2,1-2H3,(H,16,19). The Morgan fingerprint density at radius 2 is 2.25 bits per heavy atom. The van der Waals surface area contributed by atoms with E-state index in [1.165, 1.54) is 17.7 Å². The molecule has 1 aliphatic rings. The zero-order chi connectivity index (χ0) is 14.3. The molecular formula is C15H18N2O2S. The second-order valence-electron chi connectivity index (χ2n) is 5.36. The molecular weight excluding hydrogens is 272 g/mol. The molecule has 0 saturated heterocycles. The van der Waals surface area contributed by atoms with E-state index in [1.54, 1.807) is 0 Å². The number of nitrogens with zero attached hydrogens (tertiary/aromatic N) is 1. The van der Waals surface area contributed by atoms with Crippen LogP contribution in [0.2, 0.25) is 0 Å². The van der Waals surface area contributed by atoms with E-state index in [0.29, 0.717) is 4.88 Å². The van der Waals surface area contributed by atoms with Gasteiger partial charge in [0.05, 0.1) is 4.88 Å². The SMILES string of the molecule is CC(c1ccc2c(c1)CCCN2C)c1sc(=O)[nH]c1O. The summed E-state index contributed by atoms with van der Waals surface area (Å²) in [5.74, 6) is 0.0267. The third kappa shape index (κ3) is 2.22. The second-order valence-corrected chi connectivity index (χ2v) is 6.38. The topological polar surface area (TPSA) is 56.3 Å². The number of H-pyrrole nitrogens is 1. The minimum Gasteiger partial charge on any atom is -0.494 e. The Hall–Kier alpha value is -1.75. The van der Waals surface area contributed by atoms with Crippen LogP contribution >= 0.6 is 11.3 Å². The zero-order valence-corrected chi connectivity index (χ0v) is 12.5. The van der Waals surface area contributed by atoms with Crippen LogP contribution in [-0.4, -0.2) is 23.7 Å². The third-order valence-electron chi connectivity index (χ3n) is 4.00. The number of benzene rings is 1. The minimum absolute atomic E-state index is 0.00217. The van der Waals surface area contributed by atoms with Gasteiger partial charge in [-0.2, -0.15) is 0 Å². The van der Waals surface area contributed by atoms with Gasteiger partial charge in [0.2, 0.25) is 5.88 Å². The summed E-state index contributed by atoms with van der Waals surface area (Å²) in [5.41, 5.74) is 3.79. The maximum Gasteiger partial charge on any atom is 0.307 e. The fourth-order valence-electron chi connectivity index (χ4n) is 2.85. The first-order valence-corrected chi connectivity index (χ1v) is 7.64. The highest BCUT2D eigenvalue weighted by atomic mass is 32.1. The Balaban J connectivity index is 1.98. The molecule has 0 spiro atoms. The summed E-state index contributed by atoms with van der Waals surface area (Å²) >= 11 is 1.08. The zero-order valence-electron chi connectivity index (χ0n) is 11.6. The van der Waals surface area contributed by atoms with Crippen molar-refractivity contribution < 1.29 is 5.11 Å². The highest BCUT2D eigenvalue weighted by Crippen LogP contribution is 2.35. The van der Waals surface area contributed by atoms with Crippen molar-refractivity contribution in [1.29, 1.82) is 0 Å². The number of aromatic nitrogens is 1. The first-order valence-electron chi connectivity index (χ1n) is 6.82. The van der Waals surface area contributed by atoms with Crippen molar-refractivity contribution in [3.8, 4) is 5.88 Å². The summed E-state index contributed by atoms with van der Waals surface area (Å²) in [4.78, 5) is 16.5. The monoisotopic (exact) mass is 290 g/mol. The maximum atomic E-state index is 11.3. The molecule has 1 aliphatic heterocycles. The molecule has 0 radical (unpaired) electrons. The van der Waals surface area contributed by atoms with E-state index in [0.717, 1.165) is 29.9 Å². The Morgan fingerprint density at radius 3 is 2.95 bits per heavy atom. The quantitative estimate of drug-likeness (QED) is 0.894. The summed E-state index contributed by atoms with van der Waals surface area (Å²) in [6.45, 7) is 3.12. The Labute approximate surface area is 121 Å². The lowest BCUT2D eigenvalue weighted by atomic mass is 9.93. The number of hydrogen-bond acceptors (Lipinski definition) is 4. The molecule has 2 heterocycles. The van der Waals surface area contributed by atoms with Crippen LogP contribution in [0.4, 0.5) is 5.69 Å². The maximum absolute atomic E-state index is 11.3. The highest BCUT2D eigenvalue weighted by molar-refractivity contribution is 7.09. The van der Waals surface area contributed by atoms with Gasteiger partial charge in [-0.15, -0.1) is 0 Å². The average Bonchev–Trinajstić information content (AvgIpc) is 2.77. The number of rotatable bonds is 2. The van der Waals surface area contributed by atoms with E-state index >= 15 is 0 Å². The smallest absolute Gasteiger partial charge is 0.307 e. The van der Waals surface area contributed by atoms with Crippen molar-refractivity contribution in [2.45, 2.75) is 25.7 Å². The third-order valence-corrected chi connectivity index (χ3v) is 5.06. The lowest BCUT2D eigenvalue weighted by Crippen LogP contribution is -2.24. The number of nitrogens with one attached hydrogen (secondary N) is 1. The van der Waals surface area contributed by atoms with Crippen LogP contribution in [0.3, 0.4) is 0 Å². The van der Waals surface area contributed by atoms with E-state index in [2.05, 4.69) is 35.1 Å². The summed E-state index contributed by atoms with van der Waals surface area (Å²) < 4.78 is 0. The van der Waals surface area contributed by atoms with Gasteiger partial charge < -0.3 is 10.0 Å². The molecule has 0 amide bonds. The van der Waals surface area contributed by atoms with Crippen LogP contribution in [0.15, 0.2) is 23.0 Å². The number of anilines is 1. The molecule has 0 fully saturated rings. The number of fused-ring (bicyclic) bond motifs is 1. The first kappa shape index (κ1) is 13.2. The summed E-state index contributed by atoms with van der Waals surface area (Å²) in [6, 6.07) is 6.45. The van der Waals surface area contributed by atoms with E-state index in [4.69, 9.17) is 0 Å². The van der Waals surface area contributed by atoms with Crippen LogP contribution in [-0.2, 0) is 6.42 Å². The Kier molecular flexibility index (Phi) is 3.30. The molecule has 1 aromatic carbocycles. The minimum atomic E-state index is -0.206. The van der Waals surface area contributed by atoms with Crippen LogP contribution in [0, 0.1) is 0 Å². The van der Waals surface area contributed by atoms with Crippen LogP contribution in [0.25, 0.3) is 0 Å². The molecule has 1 aromatic heterocycles. The van der Waals surface area contributed by atoms with Gasteiger partial charge in [0.15, 0.2) is 0 Å². The Morgan fingerprint density at radius 1 is 1.45 bits per heavy atom. The van der Waals surface area contributed by atoms with Crippen molar-refractivity contribution >= 4 is 17.0 Å². The van der Waals surface area contributed by atoms with Crippen LogP contribution in [0.5, 0.6) is 5.88 Å². The van der Waals surface area contributed by atoms with Crippen molar-refractivity contribution in [1.82, 2.24) is 4.98 Å². The summed E-state index contributed by atoms with van der Waals surface area (Å²) in [5, 5.41) is 9.79. The molecule has 3 rings (SSSR count). The van der Waals surface area contributed by atoms with Gasteiger partial charge in [-0.25, -0.2) is 0 Å². The van der Waals surface area contributed by atoms with Gasteiger partial charge in [0, 0.05) is 25.2 Å². The van der Waals surface area contributed by atoms with Gasteiger partial charge in [-0.1, -0.05) is 30.4 Å². The first-order chi connectivity index (χ1) is 9.56. The predicted octanol–water partition coefficient (Wildman–Crippen LogP) is 2.68. The molecule has 2 N–H and O–H groups in total. The largest absolute Gasteiger partial charge is 0.494 e. The number of thiazole rings is 1. The van der Waals surface area contributed by atoms with E-state index in [9.17, 15) is 9.90 Å². The normalized spacial score (nSPS) is 16.0. The average molecular weight is 290 g/mol. The van der Waals surface area contributed by atoms with Gasteiger partial charge in [0.25, 0.3) is 0 Å². The molecule has 1 atom stereocenters. The number of aromatic amines is 1. The van der Waals surface area contributed by atoms with Gasteiger partial charge in [0.1, 0.15) is 0 Å². The lowest BCUT2D eigenvalue weighted by Gasteiger charge is -2.28. The molecule has 20 heavy (non-hydrogen) atoms. The number of aryl methyl sites for hydroxylation is 1. The Bertz CT molecular complexity index is 689. The highest BCUT2D eigenvalue weighted by Gasteiger charge is 2.19. The van der Waals surface area contributed by atoms with Crippen molar-refractivity contribution in [3.05, 3.63) is 43.9 Å². The fraction of sp³-hybridized carbons (Fsp3) is 0.400. The number of hydrogen-bond donors (Lipinski definition) is 2. The predicted molar refractivity (Wildman–Crippen MR) is 82.2 cm³/mol. The molecule has 106 valence electrons. The van der Waals surface area contributed by atoms with E-state index < -0.39 is 0 Å². The second kappa shape index (κ2) is 4.98. The lowest BCUT2D eigenvalue weighted by molar-refractivity contribution is 0.448. The molecule has 5 heteroatoms. The van der Waals surface area contributed by atoms with Crippen molar-refractivity contribution in [3.63, 3.8) is 0 Å². The van der Waals surface area contributed by atoms with E-state index in [1.807, 2.05) is 6.92 Å². The van der Waals surface area contributed by atoms with Crippen molar-refractivity contribution in [2.75, 3.05) is 18.5 Å². The van der Waals surface area contributed by atoms with E-state index in [-0.39, 0.29) is 16.7 Å². The van der Waals surface area contributed by atoms with Gasteiger partial charge in [-0.05, 0) is 30.0 Å². The van der Waals surface area contributed by atoms with Crippen LogP contribution < -0.4 is 9.77 Å². The molecule has 0 aliphatic carbocycles. The van der Waals surface area contributed by atoms with Gasteiger partial charge >= 0.3 is 4.87 Å². The molecule has 0 saturated carbocycles. The number of aromatic hydroxyl groups is 1. The summed E-state index contributed by atoms with van der Waals surface area (Å²) in [6.07, 6.45) is 2.26. The fourth-order valence-corrected chi connectivity index (χ4v) is 3.66.